The number of aryl methyl sites for hydroxylation is 1. The molecule has 0 aliphatic heterocycles. The van der Waals surface area contributed by atoms with Crippen LogP contribution in [0.3, 0.4) is 0 Å². The molecular weight excluding hydrogens is 358 g/mol. The molecule has 1 aromatic carbocycles. The Bertz CT molecular complexity index is 894. The van der Waals surface area contributed by atoms with Gasteiger partial charge >= 0.3 is 5.97 Å². The summed E-state index contributed by atoms with van der Waals surface area (Å²) in [4.78, 5) is 17.1. The molecule has 7 heteroatoms. The Morgan fingerprint density at radius 3 is 2.76 bits per heavy atom. The summed E-state index contributed by atoms with van der Waals surface area (Å²) in [5.74, 6) is -0.439. The number of nitrogens with zero attached hydrogens (tertiary/aromatic N) is 3. The Labute approximate surface area is 155 Å². The lowest BCUT2D eigenvalue weighted by Gasteiger charge is -2.09. The number of hydrogen-bond acceptors (Lipinski definition) is 5. The molecule has 25 heavy (non-hydrogen) atoms. The lowest BCUT2D eigenvalue weighted by atomic mass is 10.2. The Morgan fingerprint density at radius 2 is 2.08 bits per heavy atom. The van der Waals surface area contributed by atoms with Crippen molar-refractivity contribution in [3.63, 3.8) is 0 Å². The Morgan fingerprint density at radius 1 is 1.28 bits per heavy atom. The van der Waals surface area contributed by atoms with Crippen LogP contribution in [0.1, 0.15) is 23.0 Å². The summed E-state index contributed by atoms with van der Waals surface area (Å²) in [6.45, 7) is 4.07. The van der Waals surface area contributed by atoms with Crippen molar-refractivity contribution in [2.24, 2.45) is 0 Å². The highest BCUT2D eigenvalue weighted by atomic mass is 35.5. The van der Waals surface area contributed by atoms with E-state index in [2.05, 4.69) is 10.1 Å². The maximum atomic E-state index is 12.1. The number of aromatic nitrogens is 3. The molecule has 5 nitrogen and oxygen atoms in total. The van der Waals surface area contributed by atoms with Crippen molar-refractivity contribution in [2.75, 3.05) is 6.61 Å². The SMILES string of the molecule is CCOC(=O)c1cc(Sc2ccc(Cl)nc2)n(-c2ccccc2C)n1. The van der Waals surface area contributed by atoms with E-state index in [1.807, 2.05) is 37.3 Å². The number of benzene rings is 1. The molecule has 0 N–H and O–H groups in total. The minimum absolute atomic E-state index is 0.273. The molecule has 2 aromatic heterocycles. The monoisotopic (exact) mass is 373 g/mol. The molecule has 0 saturated carbocycles. The van der Waals surface area contributed by atoms with Gasteiger partial charge in [0.15, 0.2) is 5.69 Å². The summed E-state index contributed by atoms with van der Waals surface area (Å²) in [5.41, 5.74) is 2.23. The van der Waals surface area contributed by atoms with Gasteiger partial charge < -0.3 is 4.74 Å². The van der Waals surface area contributed by atoms with Gasteiger partial charge in [-0.1, -0.05) is 41.6 Å². The minimum atomic E-state index is -0.439. The van der Waals surface area contributed by atoms with Crippen molar-refractivity contribution in [3.8, 4) is 5.69 Å². The van der Waals surface area contributed by atoms with Crippen LogP contribution in [0.15, 0.2) is 58.6 Å². The maximum absolute atomic E-state index is 12.1. The van der Waals surface area contributed by atoms with E-state index in [1.165, 1.54) is 11.8 Å². The Hall–Kier alpha value is -2.31. The van der Waals surface area contributed by atoms with Gasteiger partial charge in [-0.05, 0) is 37.6 Å². The number of halogens is 1. The molecule has 0 aliphatic carbocycles. The number of hydrogen-bond donors (Lipinski definition) is 0. The van der Waals surface area contributed by atoms with E-state index < -0.39 is 5.97 Å². The largest absolute Gasteiger partial charge is 0.461 e. The highest BCUT2D eigenvalue weighted by Crippen LogP contribution is 2.31. The average molecular weight is 374 g/mol. The van der Waals surface area contributed by atoms with Crippen LogP contribution in [0, 0.1) is 6.92 Å². The number of rotatable bonds is 5. The van der Waals surface area contributed by atoms with Gasteiger partial charge in [0.05, 0.1) is 12.3 Å². The van der Waals surface area contributed by atoms with E-state index >= 15 is 0 Å². The fourth-order valence-electron chi connectivity index (χ4n) is 2.26. The van der Waals surface area contributed by atoms with Gasteiger partial charge in [-0.15, -0.1) is 0 Å². The van der Waals surface area contributed by atoms with Crippen LogP contribution in [0.4, 0.5) is 0 Å². The zero-order valence-corrected chi connectivity index (χ0v) is 15.3. The summed E-state index contributed by atoms with van der Waals surface area (Å²) in [7, 11) is 0. The van der Waals surface area contributed by atoms with Gasteiger partial charge in [-0.25, -0.2) is 14.5 Å². The number of ether oxygens (including phenoxy) is 1. The summed E-state index contributed by atoms with van der Waals surface area (Å²) < 4.78 is 6.83. The lowest BCUT2D eigenvalue weighted by Crippen LogP contribution is -2.07. The Balaban J connectivity index is 2.03. The lowest BCUT2D eigenvalue weighted by molar-refractivity contribution is 0.0519. The third-order valence-corrected chi connectivity index (χ3v) is 4.63. The normalized spacial score (nSPS) is 10.7. The first-order chi connectivity index (χ1) is 12.1. The molecule has 3 rings (SSSR count). The molecule has 0 amide bonds. The first-order valence-corrected chi connectivity index (χ1v) is 8.90. The Kier molecular flexibility index (Phi) is 5.40. The van der Waals surface area contributed by atoms with Crippen molar-refractivity contribution >= 4 is 29.3 Å². The highest BCUT2D eigenvalue weighted by molar-refractivity contribution is 7.99. The zero-order valence-electron chi connectivity index (χ0n) is 13.8. The van der Waals surface area contributed by atoms with E-state index in [0.717, 1.165) is 21.2 Å². The fourth-order valence-corrected chi connectivity index (χ4v) is 3.25. The molecule has 0 spiro atoms. The van der Waals surface area contributed by atoms with Crippen LogP contribution in [-0.2, 0) is 4.74 Å². The quantitative estimate of drug-likeness (QED) is 0.484. The average Bonchev–Trinajstić information content (AvgIpc) is 3.01. The molecule has 0 bridgehead atoms. The van der Waals surface area contributed by atoms with Crippen molar-refractivity contribution in [3.05, 3.63) is 65.1 Å². The number of esters is 1. The molecule has 128 valence electrons. The smallest absolute Gasteiger partial charge is 0.358 e. The van der Waals surface area contributed by atoms with Crippen molar-refractivity contribution in [2.45, 2.75) is 23.8 Å². The molecule has 0 atom stereocenters. The number of carbonyl (C=O) groups is 1. The number of para-hydroxylation sites is 1. The van der Waals surface area contributed by atoms with Crippen molar-refractivity contribution in [1.29, 1.82) is 0 Å². The van der Waals surface area contributed by atoms with Crippen molar-refractivity contribution < 1.29 is 9.53 Å². The topological polar surface area (TPSA) is 57.0 Å². The minimum Gasteiger partial charge on any atom is -0.461 e. The maximum Gasteiger partial charge on any atom is 0.358 e. The van der Waals surface area contributed by atoms with Gasteiger partial charge in [0.2, 0.25) is 0 Å². The summed E-state index contributed by atoms with van der Waals surface area (Å²) >= 11 is 7.30. The number of carbonyl (C=O) groups excluding carboxylic acids is 1. The predicted molar refractivity (Wildman–Crippen MR) is 97.6 cm³/mol. The van der Waals surface area contributed by atoms with Gasteiger partial charge in [0.1, 0.15) is 10.2 Å². The van der Waals surface area contributed by atoms with Crippen LogP contribution >= 0.6 is 23.4 Å². The van der Waals surface area contributed by atoms with Crippen LogP contribution in [0.2, 0.25) is 5.15 Å². The van der Waals surface area contributed by atoms with Crippen molar-refractivity contribution in [1.82, 2.24) is 14.8 Å². The van der Waals surface area contributed by atoms with Gasteiger partial charge in [0, 0.05) is 17.2 Å². The first kappa shape index (κ1) is 17.5. The third-order valence-electron chi connectivity index (χ3n) is 3.43. The van der Waals surface area contributed by atoms with Crippen LogP contribution in [-0.4, -0.2) is 27.3 Å². The van der Waals surface area contributed by atoms with Gasteiger partial charge in [-0.2, -0.15) is 5.10 Å². The third kappa shape index (κ3) is 4.03. The first-order valence-electron chi connectivity index (χ1n) is 7.71. The van der Waals surface area contributed by atoms with E-state index in [9.17, 15) is 4.79 Å². The molecule has 0 unspecified atom stereocenters. The van der Waals surface area contributed by atoms with Crippen LogP contribution in [0.5, 0.6) is 0 Å². The van der Waals surface area contributed by atoms with E-state index in [1.54, 1.807) is 29.9 Å². The summed E-state index contributed by atoms with van der Waals surface area (Å²) in [6, 6.07) is 13.2. The van der Waals surface area contributed by atoms with Gasteiger partial charge in [-0.3, -0.25) is 0 Å². The van der Waals surface area contributed by atoms with Crippen LogP contribution < -0.4 is 0 Å². The summed E-state index contributed by atoms with van der Waals surface area (Å²) in [6.07, 6.45) is 1.69. The highest BCUT2D eigenvalue weighted by Gasteiger charge is 2.18. The summed E-state index contributed by atoms with van der Waals surface area (Å²) in [5, 5.41) is 5.68. The zero-order chi connectivity index (χ0) is 17.8. The molecule has 3 aromatic rings. The van der Waals surface area contributed by atoms with E-state index in [0.29, 0.717) is 11.8 Å². The van der Waals surface area contributed by atoms with Crippen LogP contribution in [0.25, 0.3) is 5.69 Å². The van der Waals surface area contributed by atoms with E-state index in [-0.39, 0.29) is 5.69 Å². The second kappa shape index (κ2) is 7.72. The molecule has 0 aliphatic rings. The van der Waals surface area contributed by atoms with Gasteiger partial charge in [0.25, 0.3) is 0 Å². The van der Waals surface area contributed by atoms with E-state index in [4.69, 9.17) is 16.3 Å². The molecule has 0 radical (unpaired) electrons. The molecule has 2 heterocycles. The second-order valence-corrected chi connectivity index (χ2v) is 6.69. The second-order valence-electron chi connectivity index (χ2n) is 5.21. The predicted octanol–water partition coefficient (Wildman–Crippen LogP) is 4.56. The number of pyridine rings is 1. The molecular formula is C18H16ClN3O2S. The molecule has 0 saturated heterocycles. The molecule has 0 fully saturated rings. The standard InChI is InChI=1S/C18H16ClN3O2S/c1-3-24-18(23)14-10-17(25-13-8-9-16(19)20-11-13)22(21-14)15-7-5-4-6-12(15)2/h4-11H,3H2,1-2H3. The fraction of sp³-hybridized carbons (Fsp3) is 0.167.